The number of nitrogens with zero attached hydrogens (tertiary/aromatic N) is 4. The van der Waals surface area contributed by atoms with Crippen molar-refractivity contribution in [2.75, 3.05) is 38.5 Å². The number of anilines is 2. The van der Waals surface area contributed by atoms with Crippen molar-refractivity contribution in [3.05, 3.63) is 72.3 Å². The summed E-state index contributed by atoms with van der Waals surface area (Å²) >= 11 is 0. The normalized spacial score (nSPS) is 14.6. The lowest BCUT2D eigenvalue weighted by Crippen LogP contribution is -2.47. The summed E-state index contributed by atoms with van der Waals surface area (Å²) in [7, 11) is 2.06. The highest BCUT2D eigenvalue weighted by atomic mass is 19.1. The molecule has 7 heteroatoms. The molecule has 1 aromatic heterocycles. The third-order valence-electron chi connectivity index (χ3n) is 4.96. The van der Waals surface area contributed by atoms with Gasteiger partial charge in [-0.05, 0) is 37.4 Å². The minimum absolute atomic E-state index is 0.0323. The van der Waals surface area contributed by atoms with E-state index < -0.39 is 0 Å². The average Bonchev–Trinajstić information content (AvgIpc) is 2.74. The highest BCUT2D eigenvalue weighted by molar-refractivity contribution is 5.95. The van der Waals surface area contributed by atoms with Crippen LogP contribution in [0.5, 0.6) is 0 Å². The van der Waals surface area contributed by atoms with Crippen LogP contribution < -0.4 is 5.32 Å². The van der Waals surface area contributed by atoms with Gasteiger partial charge in [-0.1, -0.05) is 18.2 Å². The standard InChI is InChI=1S/C22H22FN5O/c1-27-8-10-28(11-9-27)22(29)17-5-3-7-19(13-17)26-21-14-20(24-15-25-21)16-4-2-6-18(23)12-16/h2-7,12-15H,8-11H2,1H3,(H,24,25,26). The smallest absolute Gasteiger partial charge is 0.254 e. The summed E-state index contributed by atoms with van der Waals surface area (Å²) in [5, 5.41) is 3.21. The van der Waals surface area contributed by atoms with Crippen LogP contribution in [0, 0.1) is 5.82 Å². The summed E-state index contributed by atoms with van der Waals surface area (Å²) in [6.07, 6.45) is 1.43. The van der Waals surface area contributed by atoms with E-state index in [4.69, 9.17) is 0 Å². The first kappa shape index (κ1) is 19.0. The van der Waals surface area contributed by atoms with E-state index in [0.717, 1.165) is 31.9 Å². The largest absolute Gasteiger partial charge is 0.340 e. The molecular formula is C22H22FN5O. The molecule has 2 heterocycles. The van der Waals surface area contributed by atoms with Gasteiger partial charge in [0.1, 0.15) is 18.0 Å². The quantitative estimate of drug-likeness (QED) is 0.739. The Kier molecular flexibility index (Phi) is 5.48. The summed E-state index contributed by atoms with van der Waals surface area (Å²) in [4.78, 5) is 25.4. The van der Waals surface area contributed by atoms with Crippen molar-refractivity contribution >= 4 is 17.4 Å². The van der Waals surface area contributed by atoms with Gasteiger partial charge < -0.3 is 15.1 Å². The molecule has 1 aliphatic rings. The molecule has 3 aromatic rings. The molecule has 4 rings (SSSR count). The number of likely N-dealkylation sites (N-methyl/N-ethyl adjacent to an activating group) is 1. The van der Waals surface area contributed by atoms with Crippen molar-refractivity contribution < 1.29 is 9.18 Å². The number of piperazine rings is 1. The predicted molar refractivity (Wildman–Crippen MR) is 111 cm³/mol. The van der Waals surface area contributed by atoms with Crippen LogP contribution in [0.4, 0.5) is 15.9 Å². The summed E-state index contributed by atoms with van der Waals surface area (Å²) in [5.41, 5.74) is 2.69. The van der Waals surface area contributed by atoms with Gasteiger partial charge in [0.05, 0.1) is 5.69 Å². The van der Waals surface area contributed by atoms with Gasteiger partial charge in [0.15, 0.2) is 0 Å². The molecule has 0 spiro atoms. The van der Waals surface area contributed by atoms with Gasteiger partial charge in [0.25, 0.3) is 5.91 Å². The van der Waals surface area contributed by atoms with Crippen molar-refractivity contribution in [1.82, 2.24) is 19.8 Å². The van der Waals surface area contributed by atoms with Gasteiger partial charge in [-0.3, -0.25) is 4.79 Å². The third kappa shape index (κ3) is 4.57. The second kappa shape index (κ2) is 8.36. The average molecular weight is 391 g/mol. The first-order valence-corrected chi connectivity index (χ1v) is 9.51. The Bertz CT molecular complexity index is 1020. The van der Waals surface area contributed by atoms with Crippen LogP contribution in [-0.2, 0) is 0 Å². The third-order valence-corrected chi connectivity index (χ3v) is 4.96. The van der Waals surface area contributed by atoms with Crippen molar-refractivity contribution in [2.45, 2.75) is 0 Å². The molecule has 29 heavy (non-hydrogen) atoms. The number of hydrogen-bond acceptors (Lipinski definition) is 5. The highest BCUT2D eigenvalue weighted by Gasteiger charge is 2.20. The van der Waals surface area contributed by atoms with E-state index >= 15 is 0 Å². The van der Waals surface area contributed by atoms with E-state index in [2.05, 4.69) is 27.2 Å². The molecule has 1 aliphatic heterocycles. The molecule has 148 valence electrons. The molecule has 0 unspecified atom stereocenters. The Morgan fingerprint density at radius 3 is 2.59 bits per heavy atom. The molecule has 0 atom stereocenters. The van der Waals surface area contributed by atoms with E-state index in [0.29, 0.717) is 22.6 Å². The fraction of sp³-hybridized carbons (Fsp3) is 0.227. The van der Waals surface area contributed by atoms with Gasteiger partial charge >= 0.3 is 0 Å². The maximum atomic E-state index is 13.5. The number of hydrogen-bond donors (Lipinski definition) is 1. The molecule has 1 N–H and O–H groups in total. The molecule has 1 amide bonds. The molecular weight excluding hydrogens is 369 g/mol. The van der Waals surface area contributed by atoms with E-state index in [1.807, 2.05) is 29.2 Å². The van der Waals surface area contributed by atoms with Crippen LogP contribution in [0.2, 0.25) is 0 Å². The van der Waals surface area contributed by atoms with Crippen LogP contribution in [0.3, 0.4) is 0 Å². The SMILES string of the molecule is CN1CCN(C(=O)c2cccc(Nc3cc(-c4cccc(F)c4)ncn3)c2)CC1. The zero-order chi connectivity index (χ0) is 20.2. The number of nitrogens with one attached hydrogen (secondary N) is 1. The van der Waals surface area contributed by atoms with E-state index in [-0.39, 0.29) is 11.7 Å². The molecule has 6 nitrogen and oxygen atoms in total. The second-order valence-corrected chi connectivity index (χ2v) is 7.10. The van der Waals surface area contributed by atoms with Gasteiger partial charge in [0, 0.05) is 49.1 Å². The fourth-order valence-corrected chi connectivity index (χ4v) is 3.30. The van der Waals surface area contributed by atoms with E-state index in [1.54, 1.807) is 18.2 Å². The zero-order valence-electron chi connectivity index (χ0n) is 16.2. The number of rotatable bonds is 4. The van der Waals surface area contributed by atoms with Crippen LogP contribution in [0.1, 0.15) is 10.4 Å². The van der Waals surface area contributed by atoms with Gasteiger partial charge in [-0.25, -0.2) is 14.4 Å². The molecule has 0 bridgehead atoms. The second-order valence-electron chi connectivity index (χ2n) is 7.10. The van der Waals surface area contributed by atoms with Gasteiger partial charge in [-0.2, -0.15) is 0 Å². The maximum absolute atomic E-state index is 13.5. The number of amides is 1. The fourth-order valence-electron chi connectivity index (χ4n) is 3.30. The lowest BCUT2D eigenvalue weighted by atomic mass is 10.1. The molecule has 0 radical (unpaired) electrons. The van der Waals surface area contributed by atoms with Crippen molar-refractivity contribution in [1.29, 1.82) is 0 Å². The Balaban J connectivity index is 1.51. The maximum Gasteiger partial charge on any atom is 0.254 e. The number of carbonyl (C=O) groups is 1. The lowest BCUT2D eigenvalue weighted by molar-refractivity contribution is 0.0664. The summed E-state index contributed by atoms with van der Waals surface area (Å²) in [6.45, 7) is 3.23. The molecule has 2 aromatic carbocycles. The summed E-state index contributed by atoms with van der Waals surface area (Å²) < 4.78 is 13.5. The molecule has 0 saturated carbocycles. The molecule has 1 fully saturated rings. The number of carbonyl (C=O) groups excluding carboxylic acids is 1. The minimum atomic E-state index is -0.314. The summed E-state index contributed by atoms with van der Waals surface area (Å²) in [5.74, 6) is 0.291. The first-order valence-electron chi connectivity index (χ1n) is 9.51. The molecule has 1 saturated heterocycles. The van der Waals surface area contributed by atoms with E-state index in [9.17, 15) is 9.18 Å². The lowest BCUT2D eigenvalue weighted by Gasteiger charge is -2.32. The number of aromatic nitrogens is 2. The Labute approximate surface area is 169 Å². The topological polar surface area (TPSA) is 61.4 Å². The zero-order valence-corrected chi connectivity index (χ0v) is 16.2. The van der Waals surface area contributed by atoms with Crippen molar-refractivity contribution in [3.8, 4) is 11.3 Å². The van der Waals surface area contributed by atoms with Crippen LogP contribution in [0.25, 0.3) is 11.3 Å². The monoisotopic (exact) mass is 391 g/mol. The number of halogens is 1. The van der Waals surface area contributed by atoms with Gasteiger partial charge in [0.2, 0.25) is 0 Å². The van der Waals surface area contributed by atoms with Crippen LogP contribution in [0.15, 0.2) is 60.9 Å². The highest BCUT2D eigenvalue weighted by Crippen LogP contribution is 2.22. The molecule has 0 aliphatic carbocycles. The summed E-state index contributed by atoms with van der Waals surface area (Å²) in [6, 6.07) is 15.4. The minimum Gasteiger partial charge on any atom is -0.340 e. The van der Waals surface area contributed by atoms with Crippen LogP contribution >= 0.6 is 0 Å². The van der Waals surface area contributed by atoms with E-state index in [1.165, 1.54) is 18.5 Å². The Morgan fingerprint density at radius 2 is 1.79 bits per heavy atom. The van der Waals surface area contributed by atoms with Crippen molar-refractivity contribution in [2.24, 2.45) is 0 Å². The van der Waals surface area contributed by atoms with Gasteiger partial charge in [-0.15, -0.1) is 0 Å². The Hall–Kier alpha value is -3.32. The predicted octanol–water partition coefficient (Wildman–Crippen LogP) is 3.41. The van der Waals surface area contributed by atoms with Crippen LogP contribution in [-0.4, -0.2) is 58.9 Å². The van der Waals surface area contributed by atoms with Crippen molar-refractivity contribution in [3.63, 3.8) is 0 Å². The first-order chi connectivity index (χ1) is 14.1. The Morgan fingerprint density at radius 1 is 1.00 bits per heavy atom. The number of benzene rings is 2.